The maximum absolute atomic E-state index is 2.54. The zero-order valence-electron chi connectivity index (χ0n) is 9.00. The summed E-state index contributed by atoms with van der Waals surface area (Å²) in [5, 5.41) is 0. The van der Waals surface area contributed by atoms with Gasteiger partial charge in [-0.25, -0.2) is 0 Å². The van der Waals surface area contributed by atoms with Gasteiger partial charge in [-0.15, -0.1) is 0 Å². The molecule has 3 aliphatic rings. The molecule has 0 aromatic heterocycles. The van der Waals surface area contributed by atoms with Crippen LogP contribution in [0.1, 0.15) is 19.3 Å². The Morgan fingerprint density at radius 1 is 0.769 bits per heavy atom. The molecule has 0 aromatic rings. The molecular formula is C11H22N2. The van der Waals surface area contributed by atoms with Crippen LogP contribution < -0.4 is 0 Å². The molecule has 0 unspecified atom stereocenters. The van der Waals surface area contributed by atoms with Crippen LogP contribution in [0.15, 0.2) is 0 Å². The molecule has 76 valence electrons. The minimum Gasteiger partial charge on any atom is -0.306 e. The molecule has 2 bridgehead atoms. The smallest absolute Gasteiger partial charge is 0.00190 e. The van der Waals surface area contributed by atoms with Crippen LogP contribution in [0.4, 0.5) is 0 Å². The van der Waals surface area contributed by atoms with E-state index in [1.807, 2.05) is 0 Å². The Morgan fingerprint density at radius 3 is 1.54 bits per heavy atom. The van der Waals surface area contributed by atoms with E-state index in [0.717, 1.165) is 11.8 Å². The van der Waals surface area contributed by atoms with Crippen molar-refractivity contribution < 1.29 is 0 Å². The summed E-state index contributed by atoms with van der Waals surface area (Å²) in [5.41, 5.74) is 0. The lowest BCUT2D eigenvalue weighted by Gasteiger charge is -2.38. The monoisotopic (exact) mass is 182 g/mol. The average Bonchev–Trinajstić information content (AvgIpc) is 1.95. The summed E-state index contributed by atoms with van der Waals surface area (Å²) in [6.07, 6.45) is 4.37. The quantitative estimate of drug-likeness (QED) is 0.557. The fraction of sp³-hybridized carbons (Fsp3) is 1.00. The predicted molar refractivity (Wildman–Crippen MR) is 55.8 cm³/mol. The Balaban J connectivity index is 2.06. The van der Waals surface area contributed by atoms with Gasteiger partial charge in [-0.05, 0) is 38.8 Å². The minimum absolute atomic E-state index is 0.927. The molecule has 0 radical (unpaired) electrons. The van der Waals surface area contributed by atoms with Gasteiger partial charge in [0.25, 0.3) is 0 Å². The topological polar surface area (TPSA) is 6.48 Å². The second-order valence-electron chi connectivity index (χ2n) is 5.11. The van der Waals surface area contributed by atoms with Crippen LogP contribution in [0.2, 0.25) is 0 Å². The van der Waals surface area contributed by atoms with Crippen molar-refractivity contribution in [1.29, 1.82) is 0 Å². The lowest BCUT2D eigenvalue weighted by atomic mass is 9.89. The Hall–Kier alpha value is -0.0800. The minimum atomic E-state index is 0.927. The van der Waals surface area contributed by atoms with Crippen molar-refractivity contribution in [2.45, 2.75) is 19.3 Å². The van der Waals surface area contributed by atoms with Gasteiger partial charge in [0.05, 0.1) is 0 Å². The van der Waals surface area contributed by atoms with Crippen LogP contribution in [-0.2, 0) is 0 Å². The van der Waals surface area contributed by atoms with Crippen molar-refractivity contribution >= 4 is 0 Å². The summed E-state index contributed by atoms with van der Waals surface area (Å²) in [4.78, 5) is 5.09. The third-order valence-electron chi connectivity index (χ3n) is 3.50. The molecule has 0 saturated carbocycles. The number of hydrogen-bond acceptors (Lipinski definition) is 2. The Labute approximate surface area is 81.9 Å². The molecule has 3 saturated heterocycles. The van der Waals surface area contributed by atoms with Gasteiger partial charge in [0.1, 0.15) is 0 Å². The first kappa shape index (κ1) is 9.47. The van der Waals surface area contributed by atoms with Gasteiger partial charge >= 0.3 is 0 Å². The fourth-order valence-electron chi connectivity index (χ4n) is 3.09. The fourth-order valence-corrected chi connectivity index (χ4v) is 3.09. The molecule has 2 heteroatoms. The van der Waals surface area contributed by atoms with Crippen LogP contribution in [-0.4, -0.2) is 50.1 Å². The summed E-state index contributed by atoms with van der Waals surface area (Å²) in [6.45, 7) is 5.28. The number of nitrogens with zero attached hydrogens (tertiary/aromatic N) is 2. The molecule has 3 heterocycles. The first-order chi connectivity index (χ1) is 6.24. The molecule has 3 aliphatic heterocycles. The summed E-state index contributed by atoms with van der Waals surface area (Å²) < 4.78 is 0. The maximum atomic E-state index is 2.54. The lowest BCUT2D eigenvalue weighted by Crippen LogP contribution is -2.45. The second kappa shape index (κ2) is 3.97. The maximum Gasteiger partial charge on any atom is 0.00190 e. The highest BCUT2D eigenvalue weighted by Crippen LogP contribution is 2.24. The van der Waals surface area contributed by atoms with Crippen molar-refractivity contribution in [2.24, 2.45) is 11.8 Å². The first-order valence-corrected chi connectivity index (χ1v) is 5.61. The van der Waals surface area contributed by atoms with E-state index in [4.69, 9.17) is 0 Å². The van der Waals surface area contributed by atoms with Gasteiger partial charge in [-0.1, -0.05) is 6.42 Å². The number of rotatable bonds is 0. The SMILES string of the molecule is CN1CC2CCCC(C1)CN(C)C2. The lowest BCUT2D eigenvalue weighted by molar-refractivity contribution is 0.103. The van der Waals surface area contributed by atoms with Crippen molar-refractivity contribution in [1.82, 2.24) is 9.80 Å². The second-order valence-corrected chi connectivity index (χ2v) is 5.11. The third-order valence-corrected chi connectivity index (χ3v) is 3.50. The van der Waals surface area contributed by atoms with E-state index in [-0.39, 0.29) is 0 Å². The third kappa shape index (κ3) is 2.44. The van der Waals surface area contributed by atoms with E-state index in [9.17, 15) is 0 Å². The number of hydrogen-bond donors (Lipinski definition) is 0. The molecule has 3 rings (SSSR count). The molecule has 0 amide bonds. The zero-order valence-corrected chi connectivity index (χ0v) is 9.00. The average molecular weight is 182 g/mol. The van der Waals surface area contributed by atoms with Crippen LogP contribution in [0, 0.1) is 11.8 Å². The van der Waals surface area contributed by atoms with E-state index in [0.29, 0.717) is 0 Å². The van der Waals surface area contributed by atoms with E-state index < -0.39 is 0 Å². The Morgan fingerprint density at radius 2 is 1.15 bits per heavy atom. The molecule has 0 atom stereocenters. The molecule has 0 aromatic carbocycles. The Bertz CT molecular complexity index is 139. The van der Waals surface area contributed by atoms with E-state index in [1.54, 1.807) is 0 Å². The van der Waals surface area contributed by atoms with Gasteiger partial charge in [-0.3, -0.25) is 0 Å². The summed E-state index contributed by atoms with van der Waals surface area (Å²) in [5.74, 6) is 1.85. The summed E-state index contributed by atoms with van der Waals surface area (Å²) >= 11 is 0. The van der Waals surface area contributed by atoms with E-state index in [1.165, 1.54) is 45.4 Å². The van der Waals surface area contributed by atoms with Crippen LogP contribution in [0.25, 0.3) is 0 Å². The van der Waals surface area contributed by atoms with Crippen molar-refractivity contribution in [3.05, 3.63) is 0 Å². The summed E-state index contributed by atoms with van der Waals surface area (Å²) in [6, 6.07) is 0. The molecule has 2 nitrogen and oxygen atoms in total. The highest BCUT2D eigenvalue weighted by molar-refractivity contribution is 4.79. The zero-order chi connectivity index (χ0) is 9.26. The Kier molecular flexibility index (Phi) is 2.89. The predicted octanol–water partition coefficient (Wildman–Crippen LogP) is 1.28. The van der Waals surface area contributed by atoms with Crippen LogP contribution in [0.3, 0.4) is 0 Å². The van der Waals surface area contributed by atoms with Gasteiger partial charge in [-0.2, -0.15) is 0 Å². The van der Waals surface area contributed by atoms with E-state index in [2.05, 4.69) is 23.9 Å². The van der Waals surface area contributed by atoms with Gasteiger partial charge < -0.3 is 9.80 Å². The van der Waals surface area contributed by atoms with Crippen LogP contribution in [0.5, 0.6) is 0 Å². The molecule has 0 aliphatic carbocycles. The van der Waals surface area contributed by atoms with Crippen molar-refractivity contribution in [3.63, 3.8) is 0 Å². The molecule has 13 heavy (non-hydrogen) atoms. The highest BCUT2D eigenvalue weighted by Gasteiger charge is 2.25. The molecule has 0 spiro atoms. The first-order valence-electron chi connectivity index (χ1n) is 5.61. The van der Waals surface area contributed by atoms with E-state index >= 15 is 0 Å². The highest BCUT2D eigenvalue weighted by atomic mass is 15.2. The van der Waals surface area contributed by atoms with Gasteiger partial charge in [0.15, 0.2) is 0 Å². The summed E-state index contributed by atoms with van der Waals surface area (Å²) in [7, 11) is 4.58. The molecule has 0 N–H and O–H groups in total. The normalized spacial score (nSPS) is 38.3. The number of fused-ring (bicyclic) bond motifs is 6. The standard InChI is InChI=1S/C11H22N2/c1-12-6-10-4-3-5-11(7-12)9-13(2)8-10/h10-11H,3-9H2,1-2H3. The van der Waals surface area contributed by atoms with Crippen LogP contribution >= 0.6 is 0 Å². The molecular weight excluding hydrogens is 160 g/mol. The van der Waals surface area contributed by atoms with Gasteiger partial charge in [0.2, 0.25) is 0 Å². The van der Waals surface area contributed by atoms with Crippen molar-refractivity contribution in [3.8, 4) is 0 Å². The largest absolute Gasteiger partial charge is 0.306 e. The van der Waals surface area contributed by atoms with Gasteiger partial charge in [0, 0.05) is 26.2 Å². The van der Waals surface area contributed by atoms with Crippen molar-refractivity contribution in [2.75, 3.05) is 40.3 Å². The molecule has 3 fully saturated rings.